The zero-order valence-electron chi connectivity index (χ0n) is 9.53. The standard InChI is InChI=1S/C10H18N2O4/c1-6(8-4-3-5-16-8)11-10(15)12-7(2)9(13)14/h6-8H,3-5H2,1-2H3,(H,13,14)(H2,11,12,15)/t6?,7-,8?/m0/s1. The summed E-state index contributed by atoms with van der Waals surface area (Å²) in [4.78, 5) is 21.9. The largest absolute Gasteiger partial charge is 0.480 e. The molecule has 0 aromatic heterocycles. The van der Waals surface area contributed by atoms with Gasteiger partial charge in [-0.05, 0) is 26.7 Å². The van der Waals surface area contributed by atoms with E-state index in [4.69, 9.17) is 9.84 Å². The van der Waals surface area contributed by atoms with Crippen molar-refractivity contribution in [3.63, 3.8) is 0 Å². The second-order valence-corrected chi connectivity index (χ2v) is 4.02. The van der Waals surface area contributed by atoms with Gasteiger partial charge in [0.25, 0.3) is 0 Å². The van der Waals surface area contributed by atoms with Crippen LogP contribution >= 0.6 is 0 Å². The summed E-state index contributed by atoms with van der Waals surface area (Å²) < 4.78 is 5.41. The van der Waals surface area contributed by atoms with E-state index in [2.05, 4.69) is 10.6 Å². The second-order valence-electron chi connectivity index (χ2n) is 4.02. The van der Waals surface area contributed by atoms with Gasteiger partial charge in [0.1, 0.15) is 6.04 Å². The molecule has 2 amide bonds. The Morgan fingerprint density at radius 3 is 2.56 bits per heavy atom. The minimum absolute atomic E-state index is 0.0332. The van der Waals surface area contributed by atoms with E-state index in [1.54, 1.807) is 0 Å². The van der Waals surface area contributed by atoms with Gasteiger partial charge >= 0.3 is 12.0 Å². The highest BCUT2D eigenvalue weighted by molar-refractivity contribution is 5.82. The lowest BCUT2D eigenvalue weighted by molar-refractivity contribution is -0.138. The number of amides is 2. The van der Waals surface area contributed by atoms with Gasteiger partial charge in [0.15, 0.2) is 0 Å². The van der Waals surface area contributed by atoms with Gasteiger partial charge in [-0.25, -0.2) is 4.79 Å². The first-order chi connectivity index (χ1) is 7.50. The van der Waals surface area contributed by atoms with Crippen molar-refractivity contribution in [2.75, 3.05) is 6.61 Å². The molecule has 0 saturated carbocycles. The summed E-state index contributed by atoms with van der Waals surface area (Å²) in [5.41, 5.74) is 0. The summed E-state index contributed by atoms with van der Waals surface area (Å²) in [6, 6.07) is -1.47. The van der Waals surface area contributed by atoms with Crippen molar-refractivity contribution in [2.45, 2.75) is 44.9 Å². The van der Waals surface area contributed by atoms with Gasteiger partial charge in [-0.15, -0.1) is 0 Å². The summed E-state index contributed by atoms with van der Waals surface area (Å²) >= 11 is 0. The number of carboxylic acid groups (broad SMARTS) is 1. The van der Waals surface area contributed by atoms with Crippen molar-refractivity contribution in [1.82, 2.24) is 10.6 Å². The molecule has 1 aliphatic rings. The van der Waals surface area contributed by atoms with Crippen LogP contribution in [0.25, 0.3) is 0 Å². The van der Waals surface area contributed by atoms with Crippen LogP contribution in [0.5, 0.6) is 0 Å². The minimum atomic E-state index is -1.06. The van der Waals surface area contributed by atoms with E-state index in [-0.39, 0.29) is 12.1 Å². The smallest absolute Gasteiger partial charge is 0.325 e. The number of carbonyl (C=O) groups is 2. The Morgan fingerprint density at radius 2 is 2.06 bits per heavy atom. The lowest BCUT2D eigenvalue weighted by Gasteiger charge is -2.21. The van der Waals surface area contributed by atoms with Gasteiger partial charge in [0.05, 0.1) is 12.1 Å². The predicted molar refractivity (Wildman–Crippen MR) is 57.2 cm³/mol. The lowest BCUT2D eigenvalue weighted by Crippen LogP contribution is -2.50. The molecule has 0 aliphatic carbocycles. The second kappa shape index (κ2) is 5.69. The maximum Gasteiger partial charge on any atom is 0.325 e. The summed E-state index contributed by atoms with van der Waals surface area (Å²) in [6.07, 6.45) is 1.96. The lowest BCUT2D eigenvalue weighted by atomic mass is 10.1. The summed E-state index contributed by atoms with van der Waals surface area (Å²) in [5, 5.41) is 13.6. The van der Waals surface area contributed by atoms with Crippen molar-refractivity contribution in [1.29, 1.82) is 0 Å². The minimum Gasteiger partial charge on any atom is -0.480 e. The fourth-order valence-corrected chi connectivity index (χ4v) is 1.60. The molecular weight excluding hydrogens is 212 g/mol. The van der Waals surface area contributed by atoms with E-state index in [9.17, 15) is 9.59 Å². The normalized spacial score (nSPS) is 23.5. The Morgan fingerprint density at radius 1 is 1.38 bits per heavy atom. The Kier molecular flexibility index (Phi) is 4.54. The molecule has 92 valence electrons. The van der Waals surface area contributed by atoms with Crippen LogP contribution in [0.15, 0.2) is 0 Å². The molecule has 3 N–H and O–H groups in total. The molecule has 0 aromatic carbocycles. The highest BCUT2D eigenvalue weighted by Crippen LogP contribution is 2.15. The molecule has 6 nitrogen and oxygen atoms in total. The Bertz CT molecular complexity index is 264. The number of hydrogen-bond donors (Lipinski definition) is 3. The average molecular weight is 230 g/mol. The monoisotopic (exact) mass is 230 g/mol. The quantitative estimate of drug-likeness (QED) is 0.649. The van der Waals surface area contributed by atoms with Crippen LogP contribution in [0.2, 0.25) is 0 Å². The molecule has 0 bridgehead atoms. The molecular formula is C10H18N2O4. The van der Waals surface area contributed by atoms with Gasteiger partial charge in [-0.3, -0.25) is 4.79 Å². The highest BCUT2D eigenvalue weighted by atomic mass is 16.5. The van der Waals surface area contributed by atoms with Crippen molar-refractivity contribution >= 4 is 12.0 Å². The van der Waals surface area contributed by atoms with Crippen LogP contribution in [0.3, 0.4) is 0 Å². The van der Waals surface area contributed by atoms with Crippen LogP contribution < -0.4 is 10.6 Å². The third-order valence-corrected chi connectivity index (χ3v) is 2.60. The summed E-state index contributed by atoms with van der Waals surface area (Å²) in [5.74, 6) is -1.06. The third-order valence-electron chi connectivity index (χ3n) is 2.60. The number of hydrogen-bond acceptors (Lipinski definition) is 3. The molecule has 6 heteroatoms. The number of carboxylic acids is 1. The fourth-order valence-electron chi connectivity index (χ4n) is 1.60. The molecule has 1 fully saturated rings. The van der Waals surface area contributed by atoms with Crippen molar-refractivity contribution in [3.8, 4) is 0 Å². The average Bonchev–Trinajstić information content (AvgIpc) is 2.69. The number of urea groups is 1. The Hall–Kier alpha value is -1.30. The molecule has 1 aliphatic heterocycles. The molecule has 16 heavy (non-hydrogen) atoms. The van der Waals surface area contributed by atoms with Gasteiger partial charge in [-0.2, -0.15) is 0 Å². The van der Waals surface area contributed by atoms with Crippen LogP contribution in [0.1, 0.15) is 26.7 Å². The van der Waals surface area contributed by atoms with Gasteiger partial charge in [-0.1, -0.05) is 0 Å². The molecule has 3 atom stereocenters. The van der Waals surface area contributed by atoms with Gasteiger partial charge in [0, 0.05) is 6.61 Å². The van der Waals surface area contributed by atoms with E-state index in [0.717, 1.165) is 19.4 Å². The van der Waals surface area contributed by atoms with Crippen LogP contribution in [-0.4, -0.2) is 41.9 Å². The Labute approximate surface area is 94.3 Å². The first-order valence-corrected chi connectivity index (χ1v) is 5.42. The van der Waals surface area contributed by atoms with Crippen LogP contribution in [-0.2, 0) is 9.53 Å². The van der Waals surface area contributed by atoms with Gasteiger partial charge < -0.3 is 20.5 Å². The molecule has 0 spiro atoms. The first-order valence-electron chi connectivity index (χ1n) is 5.42. The van der Waals surface area contributed by atoms with E-state index < -0.39 is 18.0 Å². The molecule has 0 aromatic rings. The number of carbonyl (C=O) groups excluding carboxylic acids is 1. The number of nitrogens with one attached hydrogen (secondary N) is 2. The number of aliphatic carboxylic acids is 1. The highest BCUT2D eigenvalue weighted by Gasteiger charge is 2.24. The topological polar surface area (TPSA) is 87.7 Å². The van der Waals surface area contributed by atoms with E-state index >= 15 is 0 Å². The fraction of sp³-hybridized carbons (Fsp3) is 0.800. The maximum absolute atomic E-state index is 11.4. The van der Waals surface area contributed by atoms with Crippen LogP contribution in [0.4, 0.5) is 4.79 Å². The van der Waals surface area contributed by atoms with E-state index in [0.29, 0.717) is 0 Å². The van der Waals surface area contributed by atoms with Crippen molar-refractivity contribution < 1.29 is 19.4 Å². The molecule has 1 heterocycles. The zero-order valence-corrected chi connectivity index (χ0v) is 9.53. The number of ether oxygens (including phenoxy) is 1. The summed E-state index contributed by atoms with van der Waals surface area (Å²) in [6.45, 7) is 3.99. The first kappa shape index (κ1) is 12.8. The molecule has 2 unspecified atom stereocenters. The maximum atomic E-state index is 11.4. The van der Waals surface area contributed by atoms with Crippen molar-refractivity contribution in [2.24, 2.45) is 0 Å². The Balaban J connectivity index is 2.30. The molecule has 0 radical (unpaired) electrons. The predicted octanol–water partition coefficient (Wildman–Crippen LogP) is 0.326. The van der Waals surface area contributed by atoms with Crippen LogP contribution in [0, 0.1) is 0 Å². The molecule has 1 rings (SSSR count). The molecule has 1 saturated heterocycles. The summed E-state index contributed by atoms with van der Waals surface area (Å²) in [7, 11) is 0. The van der Waals surface area contributed by atoms with Gasteiger partial charge in [0.2, 0.25) is 0 Å². The van der Waals surface area contributed by atoms with Crippen molar-refractivity contribution in [3.05, 3.63) is 0 Å². The SMILES string of the molecule is CC(NC(=O)N[C@@H](C)C(=O)O)C1CCCO1. The third kappa shape index (κ3) is 3.69. The zero-order chi connectivity index (χ0) is 12.1. The number of rotatable bonds is 4. The van der Waals surface area contributed by atoms with E-state index in [1.807, 2.05) is 6.92 Å². The van der Waals surface area contributed by atoms with E-state index in [1.165, 1.54) is 6.92 Å².